The van der Waals surface area contributed by atoms with E-state index < -0.39 is 10.0 Å². The third kappa shape index (κ3) is 4.63. The minimum absolute atomic E-state index is 0.0606. The molecule has 2 aromatic rings. The zero-order valence-corrected chi connectivity index (χ0v) is 19.2. The molecule has 0 bridgehead atoms. The molecule has 2 aromatic carbocycles. The summed E-state index contributed by atoms with van der Waals surface area (Å²) in [5.74, 6) is 0.137. The van der Waals surface area contributed by atoms with Gasteiger partial charge in [0.05, 0.1) is 17.0 Å². The van der Waals surface area contributed by atoms with E-state index in [4.69, 9.17) is 16.3 Å². The molecule has 0 aliphatic carbocycles. The molecule has 0 spiro atoms. The van der Waals surface area contributed by atoms with E-state index in [2.05, 4.69) is 5.32 Å². The Kier molecular flexibility index (Phi) is 6.75. The number of methoxy groups -OCH3 is 1. The number of piperidine rings is 1. The van der Waals surface area contributed by atoms with E-state index in [1.807, 2.05) is 32.9 Å². The lowest BCUT2D eigenvalue weighted by Gasteiger charge is -2.31. The van der Waals surface area contributed by atoms with Crippen molar-refractivity contribution in [2.75, 3.05) is 25.5 Å². The molecule has 3 rings (SSSR count). The van der Waals surface area contributed by atoms with Crippen LogP contribution in [0.1, 0.15) is 29.5 Å². The summed E-state index contributed by atoms with van der Waals surface area (Å²) in [7, 11) is -2.20. The van der Waals surface area contributed by atoms with Gasteiger partial charge in [-0.05, 0) is 62.9 Å². The van der Waals surface area contributed by atoms with Crippen molar-refractivity contribution in [3.05, 3.63) is 52.0 Å². The number of hydrogen-bond donors (Lipinski definition) is 1. The normalized spacial score (nSPS) is 15.8. The van der Waals surface area contributed by atoms with Crippen molar-refractivity contribution in [1.82, 2.24) is 4.31 Å². The predicted molar refractivity (Wildman–Crippen MR) is 119 cm³/mol. The first-order valence-electron chi connectivity index (χ1n) is 9.86. The molecular formula is C22H27ClN2O4S. The fourth-order valence-electron chi connectivity index (χ4n) is 3.92. The van der Waals surface area contributed by atoms with Gasteiger partial charge in [-0.15, -0.1) is 0 Å². The monoisotopic (exact) mass is 450 g/mol. The minimum atomic E-state index is -3.67. The highest BCUT2D eigenvalue weighted by atomic mass is 35.5. The van der Waals surface area contributed by atoms with Gasteiger partial charge in [0.2, 0.25) is 15.9 Å². The van der Waals surface area contributed by atoms with Crippen LogP contribution in [0.2, 0.25) is 5.02 Å². The molecule has 8 heteroatoms. The molecule has 1 saturated heterocycles. The summed E-state index contributed by atoms with van der Waals surface area (Å²) in [6, 6.07) is 8.51. The zero-order chi connectivity index (χ0) is 22.1. The molecule has 30 heavy (non-hydrogen) atoms. The topological polar surface area (TPSA) is 75.7 Å². The molecule has 0 radical (unpaired) electrons. The first-order chi connectivity index (χ1) is 14.1. The molecule has 162 valence electrons. The van der Waals surface area contributed by atoms with E-state index in [1.165, 1.54) is 23.5 Å². The summed E-state index contributed by atoms with van der Waals surface area (Å²) in [5.41, 5.74) is 4.04. The fourth-order valence-corrected chi connectivity index (χ4v) is 5.74. The number of amides is 1. The van der Waals surface area contributed by atoms with Gasteiger partial charge in [0.25, 0.3) is 0 Å². The van der Waals surface area contributed by atoms with Crippen molar-refractivity contribution in [3.63, 3.8) is 0 Å². The van der Waals surface area contributed by atoms with Crippen LogP contribution in [0.25, 0.3) is 0 Å². The fraction of sp³-hybridized carbons (Fsp3) is 0.409. The molecule has 1 fully saturated rings. The molecule has 6 nitrogen and oxygen atoms in total. The van der Waals surface area contributed by atoms with Crippen LogP contribution in [0.4, 0.5) is 5.69 Å². The molecule has 1 amide bonds. The van der Waals surface area contributed by atoms with Gasteiger partial charge < -0.3 is 10.1 Å². The maximum atomic E-state index is 13.0. The highest BCUT2D eigenvalue weighted by molar-refractivity contribution is 7.89. The van der Waals surface area contributed by atoms with Crippen LogP contribution in [0.3, 0.4) is 0 Å². The molecule has 1 aliphatic heterocycles. The maximum absolute atomic E-state index is 13.0. The van der Waals surface area contributed by atoms with Crippen LogP contribution < -0.4 is 10.1 Å². The molecule has 0 saturated carbocycles. The number of rotatable bonds is 5. The van der Waals surface area contributed by atoms with E-state index in [1.54, 1.807) is 6.07 Å². The molecule has 0 atom stereocenters. The maximum Gasteiger partial charge on any atom is 0.243 e. The first-order valence-corrected chi connectivity index (χ1v) is 11.7. The molecule has 0 aromatic heterocycles. The predicted octanol–water partition coefficient (Wildman–Crippen LogP) is 4.31. The van der Waals surface area contributed by atoms with Crippen molar-refractivity contribution in [2.24, 2.45) is 5.92 Å². The Morgan fingerprint density at radius 1 is 1.10 bits per heavy atom. The average molecular weight is 451 g/mol. The van der Waals surface area contributed by atoms with Crippen LogP contribution in [-0.4, -0.2) is 38.8 Å². The second kappa shape index (κ2) is 8.96. The Hall–Kier alpha value is -2.09. The van der Waals surface area contributed by atoms with E-state index in [-0.39, 0.29) is 34.8 Å². The average Bonchev–Trinajstić information content (AvgIpc) is 2.70. The summed E-state index contributed by atoms with van der Waals surface area (Å²) in [4.78, 5) is 12.9. The van der Waals surface area contributed by atoms with E-state index in [0.29, 0.717) is 18.6 Å². The van der Waals surface area contributed by atoms with Gasteiger partial charge in [0.1, 0.15) is 5.75 Å². The number of aryl methyl sites for hydroxylation is 3. The summed E-state index contributed by atoms with van der Waals surface area (Å²) in [6.45, 7) is 6.55. The lowest BCUT2D eigenvalue weighted by atomic mass is 9.96. The number of nitrogens with one attached hydrogen (secondary N) is 1. The smallest absolute Gasteiger partial charge is 0.243 e. The Labute approximate surface area is 183 Å². The van der Waals surface area contributed by atoms with Crippen molar-refractivity contribution in [3.8, 4) is 5.75 Å². The van der Waals surface area contributed by atoms with Crippen LogP contribution in [0.15, 0.2) is 35.2 Å². The number of anilines is 1. The summed E-state index contributed by atoms with van der Waals surface area (Å²) in [5, 5.41) is 3.29. The Morgan fingerprint density at radius 3 is 2.23 bits per heavy atom. The highest BCUT2D eigenvalue weighted by Crippen LogP contribution is 2.31. The third-order valence-corrected chi connectivity index (χ3v) is 7.70. The number of nitrogens with zero attached hydrogens (tertiary/aromatic N) is 1. The largest absolute Gasteiger partial charge is 0.495 e. The molecule has 1 heterocycles. The summed E-state index contributed by atoms with van der Waals surface area (Å²) >= 11 is 6.09. The van der Waals surface area contributed by atoms with E-state index >= 15 is 0 Å². The summed E-state index contributed by atoms with van der Waals surface area (Å²) < 4.78 is 32.4. The lowest BCUT2D eigenvalue weighted by Crippen LogP contribution is -2.41. The van der Waals surface area contributed by atoms with Crippen LogP contribution >= 0.6 is 11.6 Å². The van der Waals surface area contributed by atoms with Gasteiger partial charge in [-0.25, -0.2) is 8.42 Å². The van der Waals surface area contributed by atoms with Gasteiger partial charge in [0, 0.05) is 24.7 Å². The Morgan fingerprint density at radius 2 is 1.70 bits per heavy atom. The molecule has 1 N–H and O–H groups in total. The zero-order valence-electron chi connectivity index (χ0n) is 17.7. The third-order valence-electron chi connectivity index (χ3n) is 5.51. The van der Waals surface area contributed by atoms with Crippen LogP contribution in [-0.2, 0) is 14.8 Å². The molecular weight excluding hydrogens is 424 g/mol. The van der Waals surface area contributed by atoms with Gasteiger partial charge in [0.15, 0.2) is 0 Å². The number of benzene rings is 2. The van der Waals surface area contributed by atoms with Crippen molar-refractivity contribution in [2.45, 2.75) is 38.5 Å². The van der Waals surface area contributed by atoms with Gasteiger partial charge >= 0.3 is 0 Å². The molecule has 1 aliphatic rings. The number of carbonyl (C=O) groups is 1. The Bertz CT molecular complexity index is 1040. The Balaban J connectivity index is 1.67. The standard InChI is InChI=1S/C22H27ClN2O4S/c1-14-11-15(2)21(16(3)12-14)24-22(26)17-7-9-25(10-8-17)30(27,28)18-5-6-20(29-4)19(23)13-18/h5-6,11-13,17H,7-10H2,1-4H3,(H,24,26). The van der Waals surface area contributed by atoms with E-state index in [9.17, 15) is 13.2 Å². The second-order valence-corrected chi connectivity index (χ2v) is 10.1. The van der Waals surface area contributed by atoms with Gasteiger partial charge in [-0.1, -0.05) is 29.3 Å². The first kappa shape index (κ1) is 22.6. The molecule has 0 unspecified atom stereocenters. The van der Waals surface area contributed by atoms with Crippen molar-refractivity contribution < 1.29 is 17.9 Å². The SMILES string of the molecule is COc1ccc(S(=O)(=O)N2CCC(C(=O)Nc3c(C)cc(C)cc3C)CC2)cc1Cl. The number of carbonyl (C=O) groups excluding carboxylic acids is 1. The van der Waals surface area contributed by atoms with Gasteiger partial charge in [-0.3, -0.25) is 4.79 Å². The number of hydrogen-bond acceptors (Lipinski definition) is 4. The second-order valence-electron chi connectivity index (χ2n) is 7.74. The van der Waals surface area contributed by atoms with Gasteiger partial charge in [-0.2, -0.15) is 4.31 Å². The lowest BCUT2D eigenvalue weighted by molar-refractivity contribution is -0.120. The number of halogens is 1. The number of ether oxygens (including phenoxy) is 1. The van der Waals surface area contributed by atoms with Crippen molar-refractivity contribution >= 4 is 33.2 Å². The van der Waals surface area contributed by atoms with E-state index in [0.717, 1.165) is 22.4 Å². The quantitative estimate of drug-likeness (QED) is 0.736. The number of sulfonamides is 1. The minimum Gasteiger partial charge on any atom is -0.495 e. The van der Waals surface area contributed by atoms with Crippen molar-refractivity contribution in [1.29, 1.82) is 0 Å². The van der Waals surface area contributed by atoms with Crippen LogP contribution in [0, 0.1) is 26.7 Å². The highest BCUT2D eigenvalue weighted by Gasteiger charge is 2.32. The van der Waals surface area contributed by atoms with Crippen LogP contribution in [0.5, 0.6) is 5.75 Å². The summed E-state index contributed by atoms with van der Waals surface area (Å²) in [6.07, 6.45) is 0.942.